The van der Waals surface area contributed by atoms with E-state index in [1.54, 1.807) is 6.07 Å². The van der Waals surface area contributed by atoms with E-state index >= 15 is 0 Å². The summed E-state index contributed by atoms with van der Waals surface area (Å²) in [5, 5.41) is 0.676. The molecule has 0 heterocycles. The van der Waals surface area contributed by atoms with Crippen LogP contribution in [0.3, 0.4) is 0 Å². The van der Waals surface area contributed by atoms with E-state index in [-0.39, 0.29) is 17.7 Å². The molecule has 106 valence electrons. The number of nitrogens with zero attached hydrogens (tertiary/aromatic N) is 1. The maximum Gasteiger partial charge on any atom is 0.146 e. The smallest absolute Gasteiger partial charge is 0.146 e. The largest absolute Gasteiger partial charge is 0.365 e. The van der Waals surface area contributed by atoms with Gasteiger partial charge in [-0.3, -0.25) is 0 Å². The van der Waals surface area contributed by atoms with Crippen molar-refractivity contribution in [2.45, 2.75) is 18.8 Å². The van der Waals surface area contributed by atoms with Crippen molar-refractivity contribution >= 4 is 28.9 Å². The molecule has 0 aliphatic rings. The molecule has 2 aromatic rings. The second kappa shape index (κ2) is 6.47. The number of alkyl halides is 1. The summed E-state index contributed by atoms with van der Waals surface area (Å²) in [7, 11) is 1.85. The van der Waals surface area contributed by atoms with Gasteiger partial charge in [-0.1, -0.05) is 41.9 Å². The Labute approximate surface area is 128 Å². The van der Waals surface area contributed by atoms with Gasteiger partial charge in [0.2, 0.25) is 0 Å². The fraction of sp³-hybridized carbons (Fsp3) is 0.250. The number of hydrogen-bond donors (Lipinski definition) is 0. The van der Waals surface area contributed by atoms with Gasteiger partial charge in [-0.2, -0.15) is 0 Å². The van der Waals surface area contributed by atoms with E-state index in [1.165, 1.54) is 6.07 Å². The molecule has 0 amide bonds. The molecule has 20 heavy (non-hydrogen) atoms. The highest BCUT2D eigenvalue weighted by Gasteiger charge is 2.20. The molecule has 2 aromatic carbocycles. The summed E-state index contributed by atoms with van der Waals surface area (Å²) in [6, 6.07) is 12.5. The molecule has 0 saturated carbocycles. The van der Waals surface area contributed by atoms with Gasteiger partial charge in [-0.15, -0.1) is 11.6 Å². The zero-order valence-electron chi connectivity index (χ0n) is 11.4. The average molecular weight is 312 g/mol. The van der Waals surface area contributed by atoms with Gasteiger partial charge >= 0.3 is 0 Å². The van der Waals surface area contributed by atoms with E-state index in [4.69, 9.17) is 23.2 Å². The topological polar surface area (TPSA) is 3.24 Å². The van der Waals surface area contributed by atoms with Crippen molar-refractivity contribution in [3.63, 3.8) is 0 Å². The first-order chi connectivity index (χ1) is 9.56. The highest BCUT2D eigenvalue weighted by Crippen LogP contribution is 2.33. The fourth-order valence-corrected chi connectivity index (χ4v) is 2.79. The molecule has 0 fully saturated rings. The van der Waals surface area contributed by atoms with Crippen LogP contribution >= 0.6 is 23.2 Å². The maximum atomic E-state index is 14.1. The van der Waals surface area contributed by atoms with Gasteiger partial charge in [0.25, 0.3) is 0 Å². The third-order valence-electron chi connectivity index (χ3n) is 3.50. The van der Waals surface area contributed by atoms with Crippen molar-refractivity contribution in [3.05, 3.63) is 64.4 Å². The number of hydrogen-bond acceptors (Lipinski definition) is 1. The van der Waals surface area contributed by atoms with E-state index < -0.39 is 0 Å². The SMILES string of the molecule is CC(c1ccccc1Cl)N(C)c1c(F)cccc1CCl. The van der Waals surface area contributed by atoms with Crippen molar-refractivity contribution in [2.75, 3.05) is 11.9 Å². The van der Waals surface area contributed by atoms with Gasteiger partial charge in [-0.05, 0) is 30.2 Å². The third kappa shape index (κ3) is 2.92. The Morgan fingerprint density at radius 1 is 1.15 bits per heavy atom. The molecule has 4 heteroatoms. The lowest BCUT2D eigenvalue weighted by Crippen LogP contribution is -2.24. The minimum absolute atomic E-state index is 0.0532. The van der Waals surface area contributed by atoms with E-state index in [2.05, 4.69) is 0 Å². The van der Waals surface area contributed by atoms with Crippen LogP contribution in [-0.4, -0.2) is 7.05 Å². The van der Waals surface area contributed by atoms with E-state index in [0.717, 1.165) is 11.1 Å². The highest BCUT2D eigenvalue weighted by atomic mass is 35.5. The summed E-state index contributed by atoms with van der Waals surface area (Å²) in [6.45, 7) is 1.99. The Morgan fingerprint density at radius 2 is 1.85 bits per heavy atom. The molecule has 1 nitrogen and oxygen atoms in total. The summed E-state index contributed by atoms with van der Waals surface area (Å²) < 4.78 is 14.1. The normalized spacial score (nSPS) is 12.2. The second-order valence-electron chi connectivity index (χ2n) is 4.69. The Bertz CT molecular complexity index is 601. The zero-order valence-corrected chi connectivity index (χ0v) is 12.9. The molecule has 2 rings (SSSR count). The molecule has 0 aromatic heterocycles. The molecule has 0 bridgehead atoms. The molecule has 0 aliphatic heterocycles. The zero-order chi connectivity index (χ0) is 14.7. The summed E-state index contributed by atoms with van der Waals surface area (Å²) in [5.74, 6) is -0.00305. The first-order valence-electron chi connectivity index (χ1n) is 6.37. The molecule has 0 N–H and O–H groups in total. The van der Waals surface area contributed by atoms with Gasteiger partial charge in [0.1, 0.15) is 5.82 Å². The lowest BCUT2D eigenvalue weighted by atomic mass is 10.1. The van der Waals surface area contributed by atoms with E-state index in [9.17, 15) is 4.39 Å². The lowest BCUT2D eigenvalue weighted by molar-refractivity contribution is 0.609. The number of anilines is 1. The predicted octanol–water partition coefficient (Wildman–Crippen LogP) is 5.42. The minimum Gasteiger partial charge on any atom is -0.365 e. The Hall–Kier alpha value is -1.25. The van der Waals surface area contributed by atoms with Crippen molar-refractivity contribution < 1.29 is 4.39 Å². The fourth-order valence-electron chi connectivity index (χ4n) is 2.28. The van der Waals surface area contributed by atoms with Crippen LogP contribution in [0.4, 0.5) is 10.1 Å². The van der Waals surface area contributed by atoms with E-state index in [0.29, 0.717) is 10.7 Å². The first kappa shape index (κ1) is 15.1. The number of halogens is 3. The van der Waals surface area contributed by atoms with Gasteiger partial charge in [0, 0.05) is 18.0 Å². The highest BCUT2D eigenvalue weighted by molar-refractivity contribution is 6.31. The summed E-state index contributed by atoms with van der Waals surface area (Å²) in [5.41, 5.74) is 2.25. The van der Waals surface area contributed by atoms with Crippen LogP contribution in [0.5, 0.6) is 0 Å². The summed E-state index contributed by atoms with van der Waals surface area (Å²) in [6.07, 6.45) is 0. The summed E-state index contributed by atoms with van der Waals surface area (Å²) in [4.78, 5) is 1.87. The molecule has 0 saturated heterocycles. The van der Waals surface area contributed by atoms with Crippen LogP contribution in [0.1, 0.15) is 24.1 Å². The van der Waals surface area contributed by atoms with Crippen LogP contribution < -0.4 is 4.90 Å². The number of rotatable bonds is 4. The Kier molecular flexibility index (Phi) is 4.90. The second-order valence-corrected chi connectivity index (χ2v) is 5.36. The monoisotopic (exact) mass is 311 g/mol. The molecular formula is C16H16Cl2FN. The van der Waals surface area contributed by atoms with Crippen molar-refractivity contribution in [2.24, 2.45) is 0 Å². The molecule has 0 radical (unpaired) electrons. The maximum absolute atomic E-state index is 14.1. The van der Waals surface area contributed by atoms with Gasteiger partial charge in [0.05, 0.1) is 11.7 Å². The van der Waals surface area contributed by atoms with Crippen LogP contribution in [0.15, 0.2) is 42.5 Å². The lowest BCUT2D eigenvalue weighted by Gasteiger charge is -2.30. The molecule has 1 unspecified atom stereocenters. The van der Waals surface area contributed by atoms with Gasteiger partial charge in [-0.25, -0.2) is 4.39 Å². The van der Waals surface area contributed by atoms with Crippen molar-refractivity contribution in [1.82, 2.24) is 0 Å². The first-order valence-corrected chi connectivity index (χ1v) is 7.28. The average Bonchev–Trinajstić information content (AvgIpc) is 2.46. The molecule has 0 spiro atoms. The number of benzene rings is 2. The quantitative estimate of drug-likeness (QED) is 0.682. The Morgan fingerprint density at radius 3 is 2.50 bits per heavy atom. The molecule has 0 aliphatic carbocycles. The minimum atomic E-state index is -0.274. The predicted molar refractivity (Wildman–Crippen MR) is 84.2 cm³/mol. The van der Waals surface area contributed by atoms with Gasteiger partial charge < -0.3 is 4.90 Å². The standard InChI is InChI=1S/C16H16Cl2FN/c1-11(13-7-3-4-8-14(13)18)20(2)16-12(10-17)6-5-9-15(16)19/h3-9,11H,10H2,1-2H3. The third-order valence-corrected chi connectivity index (χ3v) is 4.14. The van der Waals surface area contributed by atoms with Crippen LogP contribution in [0, 0.1) is 5.82 Å². The van der Waals surface area contributed by atoms with Crippen LogP contribution in [-0.2, 0) is 5.88 Å². The van der Waals surface area contributed by atoms with Crippen LogP contribution in [0.25, 0.3) is 0 Å². The Balaban J connectivity index is 2.41. The van der Waals surface area contributed by atoms with Crippen LogP contribution in [0.2, 0.25) is 5.02 Å². The van der Waals surface area contributed by atoms with E-state index in [1.807, 2.05) is 49.2 Å². The summed E-state index contributed by atoms with van der Waals surface area (Å²) >= 11 is 12.1. The van der Waals surface area contributed by atoms with Crippen molar-refractivity contribution in [3.8, 4) is 0 Å². The number of para-hydroxylation sites is 1. The molecular weight excluding hydrogens is 296 g/mol. The van der Waals surface area contributed by atoms with Gasteiger partial charge in [0.15, 0.2) is 0 Å². The molecule has 1 atom stereocenters. The van der Waals surface area contributed by atoms with Crippen molar-refractivity contribution in [1.29, 1.82) is 0 Å².